The lowest BCUT2D eigenvalue weighted by molar-refractivity contribution is 0.414. The van der Waals surface area contributed by atoms with Crippen molar-refractivity contribution in [2.45, 2.75) is 11.8 Å². The molecule has 1 aromatic heterocycles. The third-order valence-electron chi connectivity index (χ3n) is 4.28. The molecular formula is C20H22N4O4S. The predicted octanol–water partition coefficient (Wildman–Crippen LogP) is 3.37. The number of hydrogen-bond donors (Lipinski definition) is 1. The van der Waals surface area contributed by atoms with E-state index in [2.05, 4.69) is 14.7 Å². The van der Waals surface area contributed by atoms with Gasteiger partial charge < -0.3 is 14.4 Å². The summed E-state index contributed by atoms with van der Waals surface area (Å²) in [6, 6.07) is 13.5. The molecule has 3 rings (SSSR count). The van der Waals surface area contributed by atoms with E-state index in [1.54, 1.807) is 38.1 Å². The molecule has 0 fully saturated rings. The topological polar surface area (TPSA) is 93.6 Å². The molecule has 0 aliphatic heterocycles. The van der Waals surface area contributed by atoms with E-state index in [0.717, 1.165) is 11.4 Å². The highest BCUT2D eigenvalue weighted by Crippen LogP contribution is 2.31. The summed E-state index contributed by atoms with van der Waals surface area (Å²) in [6.45, 7) is 1.74. The first-order chi connectivity index (χ1) is 13.8. The summed E-state index contributed by atoms with van der Waals surface area (Å²) < 4.78 is 38.5. The Kier molecular flexibility index (Phi) is 5.88. The SMILES string of the molecule is COc1ccc(N(C)c2nc(C)ncc2NS(=O)(=O)c2ccc(OC)cc2)cc1. The molecule has 0 atom stereocenters. The minimum Gasteiger partial charge on any atom is -0.497 e. The number of anilines is 3. The maximum Gasteiger partial charge on any atom is 0.262 e. The third-order valence-corrected chi connectivity index (χ3v) is 5.66. The zero-order valence-corrected chi connectivity index (χ0v) is 17.4. The second-order valence-corrected chi connectivity index (χ2v) is 7.87. The molecule has 2 aromatic carbocycles. The number of rotatable bonds is 7. The van der Waals surface area contributed by atoms with Crippen LogP contribution in [-0.4, -0.2) is 39.7 Å². The van der Waals surface area contributed by atoms with Gasteiger partial charge in [0, 0.05) is 12.7 Å². The number of aryl methyl sites for hydroxylation is 1. The summed E-state index contributed by atoms with van der Waals surface area (Å²) in [4.78, 5) is 10.5. The molecule has 0 amide bonds. The van der Waals surface area contributed by atoms with Crippen molar-refractivity contribution < 1.29 is 17.9 Å². The summed E-state index contributed by atoms with van der Waals surface area (Å²) in [7, 11) is 1.08. The number of hydrogen-bond acceptors (Lipinski definition) is 7. The molecule has 0 radical (unpaired) electrons. The van der Waals surface area contributed by atoms with Crippen LogP contribution in [0, 0.1) is 6.92 Å². The maximum absolute atomic E-state index is 12.8. The third kappa shape index (κ3) is 4.57. The molecule has 29 heavy (non-hydrogen) atoms. The lowest BCUT2D eigenvalue weighted by Gasteiger charge is -2.22. The molecule has 0 aliphatic carbocycles. The van der Waals surface area contributed by atoms with Crippen LogP contribution in [0.4, 0.5) is 17.2 Å². The summed E-state index contributed by atoms with van der Waals surface area (Å²) in [5.41, 5.74) is 1.08. The number of benzene rings is 2. The van der Waals surface area contributed by atoms with Gasteiger partial charge in [0.1, 0.15) is 23.0 Å². The van der Waals surface area contributed by atoms with Crippen molar-refractivity contribution in [3.8, 4) is 11.5 Å². The molecule has 9 heteroatoms. The van der Waals surface area contributed by atoms with E-state index >= 15 is 0 Å². The average Bonchev–Trinajstić information content (AvgIpc) is 2.74. The zero-order chi connectivity index (χ0) is 21.0. The normalized spacial score (nSPS) is 11.0. The Morgan fingerprint density at radius 3 is 2.03 bits per heavy atom. The fraction of sp³-hybridized carbons (Fsp3) is 0.200. The maximum atomic E-state index is 12.8. The van der Waals surface area contributed by atoms with Gasteiger partial charge in [-0.1, -0.05) is 0 Å². The Bertz CT molecular complexity index is 1080. The van der Waals surface area contributed by atoms with E-state index in [-0.39, 0.29) is 10.6 Å². The molecule has 0 spiro atoms. The van der Waals surface area contributed by atoms with Crippen LogP contribution in [0.3, 0.4) is 0 Å². The summed E-state index contributed by atoms with van der Waals surface area (Å²) in [5.74, 6) is 2.25. The number of ether oxygens (including phenoxy) is 2. The van der Waals surface area contributed by atoms with Crippen LogP contribution in [0.2, 0.25) is 0 Å². The fourth-order valence-corrected chi connectivity index (χ4v) is 3.72. The Morgan fingerprint density at radius 2 is 1.48 bits per heavy atom. The quantitative estimate of drug-likeness (QED) is 0.633. The smallest absolute Gasteiger partial charge is 0.262 e. The van der Waals surface area contributed by atoms with E-state index in [9.17, 15) is 8.42 Å². The van der Waals surface area contributed by atoms with Crippen LogP contribution < -0.4 is 19.1 Å². The second-order valence-electron chi connectivity index (χ2n) is 6.19. The Morgan fingerprint density at radius 1 is 0.931 bits per heavy atom. The van der Waals surface area contributed by atoms with E-state index < -0.39 is 10.0 Å². The fourth-order valence-electron chi connectivity index (χ4n) is 2.67. The molecule has 8 nitrogen and oxygen atoms in total. The lowest BCUT2D eigenvalue weighted by atomic mass is 10.2. The highest BCUT2D eigenvalue weighted by atomic mass is 32.2. The molecule has 1 heterocycles. The number of sulfonamides is 1. The highest BCUT2D eigenvalue weighted by molar-refractivity contribution is 7.92. The van der Waals surface area contributed by atoms with E-state index in [1.165, 1.54) is 25.4 Å². The summed E-state index contributed by atoms with van der Waals surface area (Å²) in [5, 5.41) is 0. The second kappa shape index (κ2) is 8.36. The monoisotopic (exact) mass is 414 g/mol. The van der Waals surface area contributed by atoms with Gasteiger partial charge in [-0.05, 0) is 55.5 Å². The van der Waals surface area contributed by atoms with Crippen molar-refractivity contribution >= 4 is 27.2 Å². The molecule has 0 unspecified atom stereocenters. The van der Waals surface area contributed by atoms with Gasteiger partial charge in [0.15, 0.2) is 5.82 Å². The Labute approximate surface area is 170 Å². The molecule has 3 aromatic rings. The summed E-state index contributed by atoms with van der Waals surface area (Å²) in [6.07, 6.45) is 1.46. The van der Waals surface area contributed by atoms with Crippen molar-refractivity contribution in [2.75, 3.05) is 30.9 Å². The van der Waals surface area contributed by atoms with Crippen LogP contribution in [-0.2, 0) is 10.0 Å². The minimum absolute atomic E-state index is 0.108. The molecular weight excluding hydrogens is 392 g/mol. The van der Waals surface area contributed by atoms with Crippen molar-refractivity contribution in [3.63, 3.8) is 0 Å². The van der Waals surface area contributed by atoms with Crippen LogP contribution in [0.25, 0.3) is 0 Å². The van der Waals surface area contributed by atoms with Crippen LogP contribution in [0.5, 0.6) is 11.5 Å². The standard InChI is InChI=1S/C20H22N4O4S/c1-14-21-13-19(23-29(25,26)18-11-9-17(28-4)10-12-18)20(22-14)24(2)15-5-7-16(27-3)8-6-15/h5-13,23H,1-4H3. The van der Waals surface area contributed by atoms with E-state index in [0.29, 0.717) is 17.4 Å². The van der Waals surface area contributed by atoms with Gasteiger partial charge in [0.2, 0.25) is 0 Å². The summed E-state index contributed by atoms with van der Waals surface area (Å²) >= 11 is 0. The van der Waals surface area contributed by atoms with Crippen LogP contribution >= 0.6 is 0 Å². The van der Waals surface area contributed by atoms with Crippen molar-refractivity contribution in [1.29, 1.82) is 0 Å². The van der Waals surface area contributed by atoms with E-state index in [4.69, 9.17) is 9.47 Å². The number of aromatic nitrogens is 2. The Hall–Kier alpha value is -3.33. The molecule has 0 saturated heterocycles. The number of nitrogens with zero attached hydrogens (tertiary/aromatic N) is 3. The van der Waals surface area contributed by atoms with Crippen LogP contribution in [0.15, 0.2) is 59.6 Å². The van der Waals surface area contributed by atoms with Gasteiger partial charge in [-0.25, -0.2) is 18.4 Å². The van der Waals surface area contributed by atoms with Crippen molar-refractivity contribution in [1.82, 2.24) is 9.97 Å². The van der Waals surface area contributed by atoms with Gasteiger partial charge >= 0.3 is 0 Å². The molecule has 0 saturated carbocycles. The average molecular weight is 414 g/mol. The predicted molar refractivity (Wildman–Crippen MR) is 112 cm³/mol. The molecule has 152 valence electrons. The number of nitrogens with one attached hydrogen (secondary N) is 1. The van der Waals surface area contributed by atoms with Gasteiger partial charge in [0.25, 0.3) is 10.0 Å². The first kappa shape index (κ1) is 20.4. The van der Waals surface area contributed by atoms with Crippen LogP contribution in [0.1, 0.15) is 5.82 Å². The lowest BCUT2D eigenvalue weighted by Crippen LogP contribution is -2.19. The van der Waals surface area contributed by atoms with Crippen molar-refractivity contribution in [2.24, 2.45) is 0 Å². The van der Waals surface area contributed by atoms with Crippen molar-refractivity contribution in [3.05, 3.63) is 60.6 Å². The minimum atomic E-state index is -3.83. The van der Waals surface area contributed by atoms with E-state index in [1.807, 2.05) is 24.3 Å². The van der Waals surface area contributed by atoms with Gasteiger partial charge in [0.05, 0.1) is 25.3 Å². The zero-order valence-electron chi connectivity index (χ0n) is 16.6. The first-order valence-corrected chi connectivity index (χ1v) is 10.2. The largest absolute Gasteiger partial charge is 0.497 e. The number of methoxy groups -OCH3 is 2. The molecule has 0 aliphatic rings. The van der Waals surface area contributed by atoms with Gasteiger partial charge in [-0.15, -0.1) is 0 Å². The van der Waals surface area contributed by atoms with Gasteiger partial charge in [-0.3, -0.25) is 4.72 Å². The first-order valence-electron chi connectivity index (χ1n) is 8.72. The molecule has 0 bridgehead atoms. The van der Waals surface area contributed by atoms with Gasteiger partial charge in [-0.2, -0.15) is 0 Å². The highest BCUT2D eigenvalue weighted by Gasteiger charge is 2.20. The Balaban J connectivity index is 1.95. The molecule has 1 N–H and O–H groups in total.